The van der Waals surface area contributed by atoms with Crippen molar-refractivity contribution in [2.45, 2.75) is 32.6 Å². The van der Waals surface area contributed by atoms with Gasteiger partial charge >= 0.3 is 6.03 Å². The van der Waals surface area contributed by atoms with Crippen LogP contribution in [0.25, 0.3) is 0 Å². The lowest BCUT2D eigenvalue weighted by atomic mass is 9.96. The van der Waals surface area contributed by atoms with Crippen molar-refractivity contribution in [2.75, 3.05) is 18.4 Å². The molecule has 2 aromatic rings. The molecule has 116 valence electrons. The first kappa shape index (κ1) is 15.0. The molecule has 0 bridgehead atoms. The Hall–Kier alpha value is -1.95. The van der Waals surface area contributed by atoms with Crippen LogP contribution in [0.15, 0.2) is 24.3 Å². The largest absolute Gasteiger partial charge is 0.324 e. The van der Waals surface area contributed by atoms with Crippen molar-refractivity contribution in [2.24, 2.45) is 0 Å². The quantitative estimate of drug-likeness (QED) is 0.925. The molecule has 1 aromatic heterocycles. The van der Waals surface area contributed by atoms with Gasteiger partial charge in [0.05, 0.1) is 0 Å². The number of amides is 2. The summed E-state index contributed by atoms with van der Waals surface area (Å²) in [6, 6.07) is 8.37. The number of aromatic nitrogens is 2. The molecule has 2 amide bonds. The van der Waals surface area contributed by atoms with Gasteiger partial charge in [-0.2, -0.15) is 0 Å². The molecule has 0 radical (unpaired) electrons. The summed E-state index contributed by atoms with van der Waals surface area (Å²) in [6.07, 6.45) is 1.73. The zero-order valence-electron chi connectivity index (χ0n) is 12.9. The number of hydrogen-bond acceptors (Lipinski definition) is 4. The van der Waals surface area contributed by atoms with E-state index in [1.165, 1.54) is 22.5 Å². The van der Waals surface area contributed by atoms with Crippen LogP contribution in [0.2, 0.25) is 0 Å². The minimum atomic E-state index is -0.0848. The number of urea groups is 1. The highest BCUT2D eigenvalue weighted by Gasteiger charge is 2.23. The van der Waals surface area contributed by atoms with Gasteiger partial charge in [0.25, 0.3) is 0 Å². The summed E-state index contributed by atoms with van der Waals surface area (Å²) in [5.41, 5.74) is 2.69. The molecule has 1 atom stereocenters. The second-order valence-corrected chi connectivity index (χ2v) is 6.64. The molecule has 1 aliphatic heterocycles. The number of aryl methyl sites for hydroxylation is 1. The molecule has 0 spiro atoms. The predicted octanol–water partition coefficient (Wildman–Crippen LogP) is 3.29. The molecule has 6 heteroatoms. The minimum absolute atomic E-state index is 0.0848. The third-order valence-electron chi connectivity index (χ3n) is 4.00. The summed E-state index contributed by atoms with van der Waals surface area (Å²) in [6.45, 7) is 5.65. The number of anilines is 1. The first-order valence-corrected chi connectivity index (χ1v) is 8.45. The molecule has 0 aliphatic carbocycles. The molecule has 1 unspecified atom stereocenters. The van der Waals surface area contributed by atoms with Crippen LogP contribution in [0.1, 0.15) is 35.9 Å². The third kappa shape index (κ3) is 3.11. The van der Waals surface area contributed by atoms with Crippen molar-refractivity contribution < 1.29 is 4.79 Å². The molecule has 5 nitrogen and oxygen atoms in total. The molecule has 1 aliphatic rings. The Bertz CT molecular complexity index is 670. The molecule has 2 heterocycles. The standard InChI is InChI=1S/C16H20N4OS/c1-3-14-18-19-15(22-14)17-16(21)20-9-8-12-6-4-5-7-13(12)11(2)10-20/h4-7,11H,3,8-10H2,1-2H3,(H,17,19,21). The molecular weight excluding hydrogens is 296 g/mol. The fourth-order valence-corrected chi connectivity index (χ4v) is 3.49. The monoisotopic (exact) mass is 316 g/mol. The smallest absolute Gasteiger partial charge is 0.323 e. The molecule has 0 saturated heterocycles. The van der Waals surface area contributed by atoms with E-state index in [0.29, 0.717) is 11.0 Å². The Morgan fingerprint density at radius 2 is 2.23 bits per heavy atom. The van der Waals surface area contributed by atoms with Crippen molar-refractivity contribution in [3.8, 4) is 0 Å². The fraction of sp³-hybridized carbons (Fsp3) is 0.438. The van der Waals surface area contributed by atoms with E-state index in [1.807, 2.05) is 11.8 Å². The van der Waals surface area contributed by atoms with E-state index < -0.39 is 0 Å². The second kappa shape index (κ2) is 6.44. The summed E-state index contributed by atoms with van der Waals surface area (Å²) < 4.78 is 0. The van der Waals surface area contributed by atoms with Crippen LogP contribution in [0.3, 0.4) is 0 Å². The molecule has 0 saturated carbocycles. The van der Waals surface area contributed by atoms with Gasteiger partial charge in [-0.25, -0.2) is 4.79 Å². The van der Waals surface area contributed by atoms with Gasteiger partial charge in [0, 0.05) is 13.1 Å². The average molecular weight is 316 g/mol. The Kier molecular flexibility index (Phi) is 4.38. The van der Waals surface area contributed by atoms with E-state index in [2.05, 4.69) is 46.7 Å². The summed E-state index contributed by atoms with van der Waals surface area (Å²) >= 11 is 1.44. The number of fused-ring (bicyclic) bond motifs is 1. The van der Waals surface area contributed by atoms with Gasteiger partial charge in [-0.05, 0) is 29.9 Å². The van der Waals surface area contributed by atoms with Crippen LogP contribution >= 0.6 is 11.3 Å². The number of benzene rings is 1. The molecule has 3 rings (SSSR count). The number of carbonyl (C=O) groups excluding carboxylic acids is 1. The zero-order valence-corrected chi connectivity index (χ0v) is 13.7. The third-order valence-corrected chi connectivity index (χ3v) is 4.98. The van der Waals surface area contributed by atoms with E-state index in [0.717, 1.165) is 30.9 Å². The highest BCUT2D eigenvalue weighted by Crippen LogP contribution is 2.25. The van der Waals surface area contributed by atoms with Crippen LogP contribution < -0.4 is 5.32 Å². The SMILES string of the molecule is CCc1nnc(NC(=O)N2CCc3ccccc3C(C)C2)s1. The summed E-state index contributed by atoms with van der Waals surface area (Å²) in [4.78, 5) is 14.3. The minimum Gasteiger partial charge on any atom is -0.324 e. The van der Waals surface area contributed by atoms with Gasteiger partial charge in [0.2, 0.25) is 5.13 Å². The second-order valence-electron chi connectivity index (χ2n) is 5.58. The van der Waals surface area contributed by atoms with Crippen LogP contribution in [0.4, 0.5) is 9.93 Å². The average Bonchev–Trinajstić information content (AvgIpc) is 2.91. The Labute approximate surface area is 134 Å². The van der Waals surface area contributed by atoms with Crippen molar-refractivity contribution in [3.63, 3.8) is 0 Å². The molecule has 1 N–H and O–H groups in total. The van der Waals surface area contributed by atoms with Crippen molar-refractivity contribution in [1.29, 1.82) is 0 Å². The van der Waals surface area contributed by atoms with Crippen LogP contribution in [0.5, 0.6) is 0 Å². The maximum absolute atomic E-state index is 12.5. The summed E-state index contributed by atoms with van der Waals surface area (Å²) in [5.74, 6) is 0.338. The Morgan fingerprint density at radius 3 is 3.00 bits per heavy atom. The highest BCUT2D eigenvalue weighted by atomic mass is 32.1. The number of rotatable bonds is 2. The van der Waals surface area contributed by atoms with Crippen LogP contribution in [-0.2, 0) is 12.8 Å². The van der Waals surface area contributed by atoms with E-state index in [-0.39, 0.29) is 6.03 Å². The van der Waals surface area contributed by atoms with Gasteiger partial charge in [0.1, 0.15) is 5.01 Å². The topological polar surface area (TPSA) is 58.1 Å². The van der Waals surface area contributed by atoms with Gasteiger partial charge in [-0.15, -0.1) is 10.2 Å². The molecule has 1 aromatic carbocycles. The first-order valence-electron chi connectivity index (χ1n) is 7.63. The first-order chi connectivity index (χ1) is 10.7. The lowest BCUT2D eigenvalue weighted by Crippen LogP contribution is -2.37. The normalized spacial score (nSPS) is 17.7. The van der Waals surface area contributed by atoms with Gasteiger partial charge in [-0.3, -0.25) is 5.32 Å². The van der Waals surface area contributed by atoms with Crippen LogP contribution in [-0.4, -0.2) is 34.2 Å². The maximum Gasteiger partial charge on any atom is 0.323 e. The fourth-order valence-electron chi connectivity index (χ4n) is 2.82. The summed E-state index contributed by atoms with van der Waals surface area (Å²) in [7, 11) is 0. The zero-order chi connectivity index (χ0) is 15.5. The lowest BCUT2D eigenvalue weighted by molar-refractivity contribution is 0.211. The van der Waals surface area contributed by atoms with Crippen molar-refractivity contribution >= 4 is 22.5 Å². The van der Waals surface area contributed by atoms with E-state index >= 15 is 0 Å². The highest BCUT2D eigenvalue weighted by molar-refractivity contribution is 7.15. The van der Waals surface area contributed by atoms with Gasteiger partial charge in [-0.1, -0.05) is 49.4 Å². The van der Waals surface area contributed by atoms with E-state index in [9.17, 15) is 4.79 Å². The Morgan fingerprint density at radius 1 is 1.41 bits per heavy atom. The number of nitrogens with zero attached hydrogens (tertiary/aromatic N) is 3. The molecular formula is C16H20N4OS. The molecule has 22 heavy (non-hydrogen) atoms. The number of hydrogen-bond donors (Lipinski definition) is 1. The van der Waals surface area contributed by atoms with E-state index in [4.69, 9.17) is 0 Å². The van der Waals surface area contributed by atoms with Crippen LogP contribution in [0, 0.1) is 0 Å². The van der Waals surface area contributed by atoms with Gasteiger partial charge < -0.3 is 4.90 Å². The maximum atomic E-state index is 12.5. The molecule has 0 fully saturated rings. The summed E-state index contributed by atoms with van der Waals surface area (Å²) in [5, 5.41) is 12.4. The van der Waals surface area contributed by atoms with Gasteiger partial charge in [0.15, 0.2) is 0 Å². The number of nitrogens with one attached hydrogen (secondary N) is 1. The predicted molar refractivity (Wildman–Crippen MR) is 88.4 cm³/mol. The van der Waals surface area contributed by atoms with Crippen molar-refractivity contribution in [1.82, 2.24) is 15.1 Å². The number of carbonyl (C=O) groups is 1. The van der Waals surface area contributed by atoms with E-state index in [1.54, 1.807) is 0 Å². The van der Waals surface area contributed by atoms with Crippen molar-refractivity contribution in [3.05, 3.63) is 40.4 Å². The Balaban J connectivity index is 1.69. The lowest BCUT2D eigenvalue weighted by Gasteiger charge is -2.22.